The van der Waals surface area contributed by atoms with E-state index < -0.39 is 32.4 Å². The summed E-state index contributed by atoms with van der Waals surface area (Å²) in [5.41, 5.74) is 2.24. The highest BCUT2D eigenvalue weighted by atomic mass is 32.2. The number of benzene rings is 1. The maximum atomic E-state index is 11.7. The minimum Gasteiger partial charge on any atom is -0.386 e. The Labute approximate surface area is 169 Å². The number of ether oxygens (including phenoxy) is 1. The number of phosphoric ester groups is 1. The van der Waals surface area contributed by atoms with Crippen molar-refractivity contribution in [2.45, 2.75) is 35.3 Å². The molecule has 3 aromatic rings. The van der Waals surface area contributed by atoms with Gasteiger partial charge in [0.1, 0.15) is 35.2 Å². The second-order valence-electron chi connectivity index (χ2n) is 6.67. The zero-order chi connectivity index (χ0) is 20.0. The third kappa shape index (κ3) is 3.59. The molecule has 0 amide bonds. The molecule has 1 aromatic carbocycles. The molecule has 0 bridgehead atoms. The number of hydrogen-bond donors (Lipinski definition) is 2. The smallest absolute Gasteiger partial charge is 0.386 e. The number of imidazole rings is 1. The SMILES string of the molecule is O=P1(O)OCC2OC(n3cnc4c(SCc5ccccc5)ncnc43)C(O)C2O1. The first kappa shape index (κ1) is 19.1. The lowest BCUT2D eigenvalue weighted by Crippen LogP contribution is -2.39. The van der Waals surface area contributed by atoms with E-state index in [1.165, 1.54) is 24.4 Å². The van der Waals surface area contributed by atoms with Crippen LogP contribution in [0, 0.1) is 0 Å². The molecule has 2 saturated heterocycles. The zero-order valence-electron chi connectivity index (χ0n) is 14.9. The van der Waals surface area contributed by atoms with Gasteiger partial charge in [-0.25, -0.2) is 19.5 Å². The first-order chi connectivity index (χ1) is 14.0. The van der Waals surface area contributed by atoms with Gasteiger partial charge in [-0.15, -0.1) is 0 Å². The Balaban J connectivity index is 1.41. The highest BCUT2D eigenvalue weighted by Crippen LogP contribution is 2.52. The Kier molecular flexibility index (Phi) is 4.91. The van der Waals surface area contributed by atoms with Crippen molar-refractivity contribution in [3.05, 3.63) is 48.5 Å². The molecule has 12 heteroatoms. The summed E-state index contributed by atoms with van der Waals surface area (Å²) in [5.74, 6) is 0.726. The largest absolute Gasteiger partial charge is 0.472 e. The summed E-state index contributed by atoms with van der Waals surface area (Å²) in [6.45, 7) is -0.147. The van der Waals surface area contributed by atoms with Gasteiger partial charge in [-0.2, -0.15) is 0 Å². The van der Waals surface area contributed by atoms with Crippen molar-refractivity contribution in [3.8, 4) is 0 Å². The molecular formula is C17H17N4O6PS. The monoisotopic (exact) mass is 436 g/mol. The van der Waals surface area contributed by atoms with Gasteiger partial charge in [0.25, 0.3) is 0 Å². The van der Waals surface area contributed by atoms with Crippen LogP contribution in [0.3, 0.4) is 0 Å². The first-order valence-electron chi connectivity index (χ1n) is 8.85. The number of nitrogens with zero attached hydrogens (tertiary/aromatic N) is 4. The number of aliphatic hydroxyl groups excluding tert-OH is 1. The Bertz CT molecular complexity index is 1080. The maximum Gasteiger partial charge on any atom is 0.472 e. The maximum absolute atomic E-state index is 11.7. The summed E-state index contributed by atoms with van der Waals surface area (Å²) in [6, 6.07) is 10.0. The summed E-state index contributed by atoms with van der Waals surface area (Å²) in [7, 11) is -4.19. The number of rotatable bonds is 4. The molecule has 10 nitrogen and oxygen atoms in total. The molecule has 4 heterocycles. The van der Waals surface area contributed by atoms with Crippen LogP contribution in [0.5, 0.6) is 0 Å². The van der Waals surface area contributed by atoms with Crippen LogP contribution in [-0.2, 0) is 24.1 Å². The van der Waals surface area contributed by atoms with Crippen LogP contribution in [-0.4, -0.2) is 54.4 Å². The molecule has 2 N–H and O–H groups in total. The van der Waals surface area contributed by atoms with Gasteiger partial charge in [0.15, 0.2) is 11.9 Å². The number of phosphoric acid groups is 1. The van der Waals surface area contributed by atoms with E-state index in [0.717, 1.165) is 11.3 Å². The summed E-state index contributed by atoms with van der Waals surface area (Å²) in [6.07, 6.45) is -0.762. The Morgan fingerprint density at radius 3 is 2.90 bits per heavy atom. The van der Waals surface area contributed by atoms with Crippen molar-refractivity contribution in [2.24, 2.45) is 0 Å². The van der Waals surface area contributed by atoms with Crippen molar-refractivity contribution in [2.75, 3.05) is 6.61 Å². The fraction of sp³-hybridized carbons (Fsp3) is 0.353. The lowest BCUT2D eigenvalue weighted by atomic mass is 10.1. The molecule has 0 aliphatic carbocycles. The normalized spacial score (nSPS) is 31.8. The molecule has 2 aliphatic rings. The quantitative estimate of drug-likeness (QED) is 0.355. The van der Waals surface area contributed by atoms with E-state index in [1.54, 1.807) is 4.57 Å². The molecule has 5 rings (SSSR count). The van der Waals surface area contributed by atoms with Crippen LogP contribution in [0.1, 0.15) is 11.8 Å². The average molecular weight is 436 g/mol. The Morgan fingerprint density at radius 2 is 2.07 bits per heavy atom. The Morgan fingerprint density at radius 1 is 1.24 bits per heavy atom. The van der Waals surface area contributed by atoms with E-state index in [1.807, 2.05) is 30.3 Å². The van der Waals surface area contributed by atoms with Gasteiger partial charge in [0, 0.05) is 5.75 Å². The van der Waals surface area contributed by atoms with E-state index in [2.05, 4.69) is 15.0 Å². The summed E-state index contributed by atoms with van der Waals surface area (Å²) < 4.78 is 28.8. The number of aromatic nitrogens is 4. The van der Waals surface area contributed by atoms with Gasteiger partial charge < -0.3 is 14.7 Å². The highest BCUT2D eigenvalue weighted by molar-refractivity contribution is 7.98. The lowest BCUT2D eigenvalue weighted by Gasteiger charge is -2.27. The summed E-state index contributed by atoms with van der Waals surface area (Å²) >= 11 is 1.53. The van der Waals surface area contributed by atoms with Gasteiger partial charge in [-0.05, 0) is 5.56 Å². The molecule has 0 radical (unpaired) electrons. The van der Waals surface area contributed by atoms with Gasteiger partial charge in [0.05, 0.1) is 12.9 Å². The fourth-order valence-electron chi connectivity index (χ4n) is 3.41. The standard InChI is InChI=1S/C17H17N4O6PS/c22-13-14-11(6-25-28(23,24)27-14)26-17(13)21-9-20-12-15(21)18-8-19-16(12)29-7-10-4-2-1-3-5-10/h1-5,8-9,11,13-14,17,22H,6-7H2,(H,23,24). The zero-order valence-corrected chi connectivity index (χ0v) is 16.6. The van der Waals surface area contributed by atoms with E-state index in [9.17, 15) is 14.6 Å². The van der Waals surface area contributed by atoms with Gasteiger partial charge in [-0.3, -0.25) is 13.6 Å². The van der Waals surface area contributed by atoms with Crippen molar-refractivity contribution in [3.63, 3.8) is 0 Å². The van der Waals surface area contributed by atoms with Crippen molar-refractivity contribution >= 4 is 30.7 Å². The van der Waals surface area contributed by atoms with E-state index >= 15 is 0 Å². The van der Waals surface area contributed by atoms with Crippen LogP contribution in [0.25, 0.3) is 11.2 Å². The van der Waals surface area contributed by atoms with Gasteiger partial charge in [0.2, 0.25) is 0 Å². The van der Waals surface area contributed by atoms with Crippen molar-refractivity contribution in [1.82, 2.24) is 19.5 Å². The molecule has 2 aliphatic heterocycles. The molecule has 2 fully saturated rings. The second-order valence-corrected chi connectivity index (χ2v) is 9.04. The first-order valence-corrected chi connectivity index (χ1v) is 11.3. The lowest BCUT2D eigenvalue weighted by molar-refractivity contribution is -0.0664. The van der Waals surface area contributed by atoms with Crippen LogP contribution >= 0.6 is 19.6 Å². The van der Waals surface area contributed by atoms with Crippen LogP contribution in [0.2, 0.25) is 0 Å². The van der Waals surface area contributed by atoms with Crippen molar-refractivity contribution < 1.29 is 28.3 Å². The van der Waals surface area contributed by atoms with Gasteiger partial charge >= 0.3 is 7.82 Å². The second kappa shape index (κ2) is 7.44. The Hall–Kier alpha value is -1.85. The predicted octanol–water partition coefficient (Wildman–Crippen LogP) is 1.89. The molecule has 29 heavy (non-hydrogen) atoms. The van der Waals surface area contributed by atoms with Crippen LogP contribution < -0.4 is 0 Å². The number of fused-ring (bicyclic) bond motifs is 2. The molecular weight excluding hydrogens is 419 g/mol. The van der Waals surface area contributed by atoms with Gasteiger partial charge in [-0.1, -0.05) is 42.1 Å². The minimum absolute atomic E-state index is 0.147. The van der Waals surface area contributed by atoms with Crippen LogP contribution in [0.4, 0.5) is 0 Å². The highest BCUT2D eigenvalue weighted by Gasteiger charge is 2.52. The van der Waals surface area contributed by atoms with E-state index in [0.29, 0.717) is 16.2 Å². The fourth-order valence-corrected chi connectivity index (χ4v) is 5.28. The molecule has 0 spiro atoms. The summed E-state index contributed by atoms with van der Waals surface area (Å²) in [4.78, 5) is 22.5. The number of thioether (sulfide) groups is 1. The third-order valence-electron chi connectivity index (χ3n) is 4.78. The third-order valence-corrected chi connectivity index (χ3v) is 6.82. The molecule has 0 saturated carbocycles. The summed E-state index contributed by atoms with van der Waals surface area (Å²) in [5, 5.41) is 11.3. The molecule has 5 unspecified atom stereocenters. The average Bonchev–Trinajstić information content (AvgIpc) is 3.28. The predicted molar refractivity (Wildman–Crippen MR) is 102 cm³/mol. The molecule has 5 atom stereocenters. The number of hydrogen-bond acceptors (Lipinski definition) is 9. The van der Waals surface area contributed by atoms with Crippen molar-refractivity contribution in [1.29, 1.82) is 0 Å². The van der Waals surface area contributed by atoms with Crippen LogP contribution in [0.15, 0.2) is 48.0 Å². The number of aliphatic hydroxyl groups is 1. The van der Waals surface area contributed by atoms with E-state index in [4.69, 9.17) is 13.8 Å². The molecule has 152 valence electrons. The van der Waals surface area contributed by atoms with E-state index in [-0.39, 0.29) is 6.61 Å². The topological polar surface area (TPSA) is 129 Å². The molecule has 2 aromatic heterocycles. The minimum atomic E-state index is -4.19.